The zero-order valence-electron chi connectivity index (χ0n) is 20.1. The van der Waals surface area contributed by atoms with Crippen LogP contribution in [0, 0.1) is 5.41 Å². The van der Waals surface area contributed by atoms with Crippen molar-refractivity contribution in [3.05, 3.63) is 34.7 Å². The Hall–Kier alpha value is -1.06. The Kier molecular flexibility index (Phi) is 5.73. The second kappa shape index (κ2) is 7.98. The molecule has 3 unspecified atom stereocenters. The summed E-state index contributed by atoms with van der Waals surface area (Å²) in [5.41, 5.74) is 1.70. The Morgan fingerprint density at radius 1 is 1.18 bits per heavy atom. The first-order chi connectivity index (χ1) is 15.5. The Bertz CT molecular complexity index is 1010. The Balaban J connectivity index is 1.51. The van der Waals surface area contributed by atoms with Crippen molar-refractivity contribution in [3.63, 3.8) is 0 Å². The molecular formula is C24H38ClN5O2S. The molecule has 5 aliphatic rings. The Morgan fingerprint density at radius 3 is 2.45 bits per heavy atom. The van der Waals surface area contributed by atoms with Crippen molar-refractivity contribution in [2.45, 2.75) is 75.4 Å². The molecule has 5 rings (SSSR count). The summed E-state index contributed by atoms with van der Waals surface area (Å²) >= 11 is 6.97. The summed E-state index contributed by atoms with van der Waals surface area (Å²) in [5, 5.41) is 9.96. The van der Waals surface area contributed by atoms with E-state index in [2.05, 4.69) is 52.3 Å². The minimum absolute atomic E-state index is 0.278. The SMILES string of the molecule is CC1=C(Cl)C(C)(N2C=C(C3CCCN3C)C=CC2)CC(N2CCC3(CC2)CC3)(S(N)(=O)=O)N1. The van der Waals surface area contributed by atoms with Crippen LogP contribution in [-0.2, 0) is 10.0 Å². The Morgan fingerprint density at radius 2 is 1.88 bits per heavy atom. The molecule has 33 heavy (non-hydrogen) atoms. The summed E-state index contributed by atoms with van der Waals surface area (Å²) in [7, 11) is -1.79. The lowest BCUT2D eigenvalue weighted by Crippen LogP contribution is -2.72. The van der Waals surface area contributed by atoms with Crippen LogP contribution in [0.3, 0.4) is 0 Å². The molecule has 9 heteroatoms. The standard InChI is InChI=1S/C24H38ClN5O2S/c1-18-21(25)22(2,30-13-4-6-19(16-30)20-7-5-12-28(20)3)17-24(27-18,33(26,31)32)29-14-10-23(8-9-23)11-15-29/h4,6,16,20,27H,5,7-15,17H2,1-3H3,(H2,26,31,32). The molecule has 4 heterocycles. The number of piperidine rings is 1. The third-order valence-corrected chi connectivity index (χ3v) is 11.1. The van der Waals surface area contributed by atoms with Crippen LogP contribution in [0.25, 0.3) is 0 Å². The van der Waals surface area contributed by atoms with Crippen LogP contribution in [0.15, 0.2) is 34.7 Å². The van der Waals surface area contributed by atoms with Gasteiger partial charge in [-0.15, -0.1) is 0 Å². The lowest BCUT2D eigenvalue weighted by Gasteiger charge is -2.55. The largest absolute Gasteiger partial charge is 0.363 e. The van der Waals surface area contributed by atoms with Crippen LogP contribution in [0.5, 0.6) is 0 Å². The van der Waals surface area contributed by atoms with Gasteiger partial charge < -0.3 is 10.2 Å². The van der Waals surface area contributed by atoms with Gasteiger partial charge in [-0.3, -0.25) is 9.80 Å². The van der Waals surface area contributed by atoms with E-state index in [1.807, 2.05) is 6.92 Å². The minimum Gasteiger partial charge on any atom is -0.363 e. The van der Waals surface area contributed by atoms with Crippen molar-refractivity contribution < 1.29 is 8.42 Å². The Labute approximate surface area is 203 Å². The molecule has 0 bridgehead atoms. The third-order valence-electron chi connectivity index (χ3n) is 8.99. The molecule has 0 aromatic carbocycles. The van der Waals surface area contributed by atoms with Crippen molar-refractivity contribution in [2.75, 3.05) is 33.2 Å². The maximum atomic E-state index is 13.3. The molecule has 1 aliphatic carbocycles. The van der Waals surface area contributed by atoms with Crippen LogP contribution in [0.4, 0.5) is 0 Å². The number of primary sulfonamides is 1. The molecule has 4 aliphatic heterocycles. The summed E-state index contributed by atoms with van der Waals surface area (Å²) in [5.74, 6) is 0. The number of hydrogen-bond donors (Lipinski definition) is 2. The molecule has 7 nitrogen and oxygen atoms in total. The van der Waals surface area contributed by atoms with E-state index in [1.54, 1.807) is 0 Å². The van der Waals surface area contributed by atoms with E-state index < -0.39 is 20.6 Å². The number of likely N-dealkylation sites (tertiary alicyclic amines) is 2. The van der Waals surface area contributed by atoms with Crippen LogP contribution >= 0.6 is 11.6 Å². The molecule has 3 atom stereocenters. The van der Waals surface area contributed by atoms with Crippen molar-refractivity contribution >= 4 is 21.6 Å². The number of halogens is 1. The molecule has 3 fully saturated rings. The minimum atomic E-state index is -3.96. The zero-order chi connectivity index (χ0) is 23.6. The third kappa shape index (κ3) is 3.86. The monoisotopic (exact) mass is 495 g/mol. The van der Waals surface area contributed by atoms with Gasteiger partial charge in [-0.1, -0.05) is 23.8 Å². The molecular weight excluding hydrogens is 458 g/mol. The maximum absolute atomic E-state index is 13.3. The summed E-state index contributed by atoms with van der Waals surface area (Å²) in [6, 6.07) is 0.387. The van der Waals surface area contributed by atoms with Crippen molar-refractivity contribution in [1.82, 2.24) is 20.0 Å². The number of nitrogens with zero attached hydrogens (tertiary/aromatic N) is 3. The smallest absolute Gasteiger partial charge is 0.247 e. The molecule has 2 saturated heterocycles. The van der Waals surface area contributed by atoms with Gasteiger partial charge >= 0.3 is 0 Å². The molecule has 0 amide bonds. The fourth-order valence-electron chi connectivity index (χ4n) is 6.58. The fourth-order valence-corrected chi connectivity index (χ4v) is 8.12. The van der Waals surface area contributed by atoms with Gasteiger partial charge in [0.1, 0.15) is 0 Å². The van der Waals surface area contributed by atoms with Gasteiger partial charge in [0, 0.05) is 44.0 Å². The zero-order valence-corrected chi connectivity index (χ0v) is 21.7. The van der Waals surface area contributed by atoms with Gasteiger partial charge in [0.05, 0.1) is 10.6 Å². The van der Waals surface area contributed by atoms with E-state index in [9.17, 15) is 8.42 Å². The lowest BCUT2D eigenvalue weighted by molar-refractivity contribution is 0.0346. The quantitative estimate of drug-likeness (QED) is 0.624. The summed E-state index contributed by atoms with van der Waals surface area (Å²) < 4.78 is 26.6. The predicted molar refractivity (Wildman–Crippen MR) is 133 cm³/mol. The van der Waals surface area contributed by atoms with Crippen LogP contribution in [0.1, 0.15) is 58.8 Å². The van der Waals surface area contributed by atoms with E-state index >= 15 is 0 Å². The van der Waals surface area contributed by atoms with Crippen LogP contribution < -0.4 is 10.5 Å². The van der Waals surface area contributed by atoms with Crippen molar-refractivity contribution in [1.29, 1.82) is 0 Å². The van der Waals surface area contributed by atoms with E-state index in [1.165, 1.54) is 24.8 Å². The molecule has 0 aromatic heterocycles. The summed E-state index contributed by atoms with van der Waals surface area (Å²) in [4.78, 5) is 5.34. The average molecular weight is 496 g/mol. The number of nitrogens with two attached hydrogens (primary N) is 1. The highest BCUT2D eigenvalue weighted by molar-refractivity contribution is 7.90. The number of rotatable bonds is 4. The molecule has 3 N–H and O–H groups in total. The average Bonchev–Trinajstić information content (AvgIpc) is 3.38. The van der Waals surface area contributed by atoms with Gasteiger partial charge in [-0.05, 0) is 77.0 Å². The second-order valence-corrected chi connectivity index (χ2v) is 13.3. The van der Waals surface area contributed by atoms with Gasteiger partial charge in [-0.25, -0.2) is 13.6 Å². The molecule has 1 saturated carbocycles. The predicted octanol–water partition coefficient (Wildman–Crippen LogP) is 2.88. The highest BCUT2D eigenvalue weighted by Crippen LogP contribution is 2.55. The highest BCUT2D eigenvalue weighted by Gasteiger charge is 2.59. The lowest BCUT2D eigenvalue weighted by atomic mass is 9.85. The highest BCUT2D eigenvalue weighted by atomic mass is 35.5. The molecule has 1 spiro atoms. The number of sulfonamides is 1. The second-order valence-electron chi connectivity index (χ2n) is 11.2. The van der Waals surface area contributed by atoms with Gasteiger partial charge in [0.15, 0.2) is 0 Å². The van der Waals surface area contributed by atoms with Gasteiger partial charge in [0.2, 0.25) is 15.0 Å². The molecule has 184 valence electrons. The van der Waals surface area contributed by atoms with Crippen molar-refractivity contribution in [3.8, 4) is 0 Å². The number of allylic oxidation sites excluding steroid dienone is 1. The topological polar surface area (TPSA) is 81.9 Å². The summed E-state index contributed by atoms with van der Waals surface area (Å²) in [6.45, 7) is 7.20. The van der Waals surface area contributed by atoms with E-state index in [-0.39, 0.29) is 6.42 Å². The molecule has 0 aromatic rings. The van der Waals surface area contributed by atoms with E-state index in [4.69, 9.17) is 16.7 Å². The van der Waals surface area contributed by atoms with E-state index in [0.717, 1.165) is 38.9 Å². The first-order valence-electron chi connectivity index (χ1n) is 12.3. The van der Waals surface area contributed by atoms with Crippen LogP contribution in [0.2, 0.25) is 0 Å². The number of nitrogens with one attached hydrogen (secondary N) is 1. The summed E-state index contributed by atoms with van der Waals surface area (Å²) in [6.07, 6.45) is 13.8. The van der Waals surface area contributed by atoms with Gasteiger partial charge in [0.25, 0.3) is 0 Å². The first-order valence-corrected chi connectivity index (χ1v) is 14.2. The van der Waals surface area contributed by atoms with E-state index in [0.29, 0.717) is 28.7 Å². The number of hydrogen-bond acceptors (Lipinski definition) is 6. The molecule has 0 radical (unpaired) electrons. The van der Waals surface area contributed by atoms with Gasteiger partial charge in [-0.2, -0.15) is 0 Å². The van der Waals surface area contributed by atoms with Crippen molar-refractivity contribution in [2.24, 2.45) is 10.6 Å². The number of likely N-dealkylation sites (N-methyl/N-ethyl adjacent to an activating group) is 1. The van der Waals surface area contributed by atoms with Crippen LogP contribution in [-0.4, -0.2) is 72.9 Å². The maximum Gasteiger partial charge on any atom is 0.247 e. The fraction of sp³-hybridized carbons (Fsp3) is 0.750. The first kappa shape index (κ1) is 23.7. The normalized spacial score (nSPS) is 37.4.